The molecule has 0 saturated carbocycles. The molecule has 0 radical (unpaired) electrons. The van der Waals surface area contributed by atoms with Crippen LogP contribution in [0, 0.1) is 0 Å². The average molecular weight is 349 g/mol. The minimum atomic E-state index is -3.39. The van der Waals surface area contributed by atoms with E-state index in [0.29, 0.717) is 0 Å². The van der Waals surface area contributed by atoms with Gasteiger partial charge in [-0.25, -0.2) is 9.59 Å². The monoisotopic (exact) mass is 349 g/mol. The van der Waals surface area contributed by atoms with E-state index in [1.54, 1.807) is 12.1 Å². The van der Waals surface area contributed by atoms with Gasteiger partial charge in [-0.2, -0.15) is 0 Å². The second-order valence-electron chi connectivity index (χ2n) is 4.60. The van der Waals surface area contributed by atoms with Crippen molar-refractivity contribution in [3.63, 3.8) is 0 Å². The van der Waals surface area contributed by atoms with Crippen LogP contribution in [0.4, 0.5) is 0 Å². The average Bonchev–Trinajstić information content (AvgIpc) is 2.72. The van der Waals surface area contributed by atoms with Crippen molar-refractivity contribution in [2.24, 2.45) is 0 Å². The first-order chi connectivity index (χ1) is 14.0. The van der Waals surface area contributed by atoms with E-state index in [4.69, 9.17) is 21.1 Å². The third-order valence-electron chi connectivity index (χ3n) is 2.81. The Morgan fingerprint density at radius 1 is 0.920 bits per heavy atom. The van der Waals surface area contributed by atoms with Gasteiger partial charge in [-0.05, 0) is 24.3 Å². The fraction of sp³-hybridized carbons (Fsp3) is 0.263. The molecule has 132 valence electrons. The Morgan fingerprint density at radius 3 is 1.76 bits per heavy atom. The lowest BCUT2D eigenvalue weighted by molar-refractivity contribution is -0.106. The van der Waals surface area contributed by atoms with E-state index in [-0.39, 0.29) is 11.1 Å². The van der Waals surface area contributed by atoms with Crippen LogP contribution >= 0.6 is 0 Å². The zero-order valence-corrected chi connectivity index (χ0v) is 13.4. The molecule has 2 aromatic carbocycles. The van der Waals surface area contributed by atoms with E-state index in [0.717, 1.165) is 7.11 Å². The lowest BCUT2D eigenvalue weighted by Crippen LogP contribution is -2.29. The highest BCUT2D eigenvalue weighted by Gasteiger charge is 2.17. The third-order valence-corrected chi connectivity index (χ3v) is 2.81. The highest BCUT2D eigenvalue weighted by Crippen LogP contribution is 2.06. The molecule has 0 bridgehead atoms. The van der Waals surface area contributed by atoms with Crippen molar-refractivity contribution in [3.8, 4) is 0 Å². The van der Waals surface area contributed by atoms with Gasteiger partial charge in [0, 0.05) is 7.11 Å². The van der Waals surface area contributed by atoms with Crippen LogP contribution in [-0.4, -0.2) is 45.0 Å². The standard InChI is InChI=1S/C19H20O6/c1-22-14-25-17(12-23-18(20)15-8-4-2-5-9-15)13-24-19(21)16-10-6-3-7-11-16/h2-11,17H,12-14H2,1H3/i12D2,13D2,17D. The summed E-state index contributed by atoms with van der Waals surface area (Å²) in [7, 11) is 1.16. The van der Waals surface area contributed by atoms with Crippen LogP contribution in [0.3, 0.4) is 0 Å². The van der Waals surface area contributed by atoms with Gasteiger partial charge in [0.25, 0.3) is 0 Å². The zero-order chi connectivity index (χ0) is 22.4. The Morgan fingerprint density at radius 2 is 1.36 bits per heavy atom. The lowest BCUT2D eigenvalue weighted by Gasteiger charge is -2.17. The number of hydrogen-bond donors (Lipinski definition) is 0. The molecule has 0 saturated heterocycles. The number of hydrogen-bond acceptors (Lipinski definition) is 6. The first-order valence-corrected chi connectivity index (χ1v) is 7.24. The van der Waals surface area contributed by atoms with Crippen LogP contribution in [0.1, 0.15) is 27.6 Å². The van der Waals surface area contributed by atoms with E-state index < -0.39 is 37.9 Å². The molecular weight excluding hydrogens is 324 g/mol. The van der Waals surface area contributed by atoms with Crippen molar-refractivity contribution in [3.05, 3.63) is 71.8 Å². The molecule has 0 aliphatic heterocycles. The van der Waals surface area contributed by atoms with Crippen LogP contribution in [0.15, 0.2) is 60.7 Å². The van der Waals surface area contributed by atoms with Gasteiger partial charge in [0.05, 0.1) is 18.0 Å². The maximum absolute atomic E-state index is 12.3. The Kier molecular flexibility index (Phi) is 5.17. The molecule has 6 heteroatoms. The van der Waals surface area contributed by atoms with Crippen LogP contribution in [0.5, 0.6) is 0 Å². The normalized spacial score (nSPS) is 15.0. The molecule has 0 spiro atoms. The van der Waals surface area contributed by atoms with Gasteiger partial charge < -0.3 is 18.9 Å². The Hall–Kier alpha value is -2.70. The highest BCUT2D eigenvalue weighted by molar-refractivity contribution is 5.89. The van der Waals surface area contributed by atoms with Gasteiger partial charge in [-0.15, -0.1) is 0 Å². The van der Waals surface area contributed by atoms with Crippen molar-refractivity contribution in [2.45, 2.75) is 6.08 Å². The van der Waals surface area contributed by atoms with E-state index in [1.165, 1.54) is 48.5 Å². The summed E-state index contributed by atoms with van der Waals surface area (Å²) in [6, 6.07) is 14.7. The fourth-order valence-electron chi connectivity index (χ4n) is 1.65. The fourth-order valence-corrected chi connectivity index (χ4v) is 1.65. The highest BCUT2D eigenvalue weighted by atomic mass is 16.7. The molecule has 0 unspecified atom stereocenters. The van der Waals surface area contributed by atoms with Gasteiger partial charge in [0.2, 0.25) is 0 Å². The van der Waals surface area contributed by atoms with Gasteiger partial charge in [0.1, 0.15) is 26.0 Å². The molecule has 0 heterocycles. The predicted octanol–water partition coefficient (Wildman–Crippen LogP) is 2.69. The summed E-state index contributed by atoms with van der Waals surface area (Å²) < 4.78 is 59.7. The first kappa shape index (κ1) is 12.6. The lowest BCUT2D eigenvalue weighted by atomic mass is 10.2. The Balaban J connectivity index is 2.33. The summed E-state index contributed by atoms with van der Waals surface area (Å²) in [6.07, 6.45) is -3.33. The molecule has 0 aliphatic carbocycles. The first-order valence-electron chi connectivity index (χ1n) is 9.74. The van der Waals surface area contributed by atoms with Gasteiger partial charge in [-0.1, -0.05) is 36.4 Å². The van der Waals surface area contributed by atoms with Crippen LogP contribution in [-0.2, 0) is 18.9 Å². The second-order valence-corrected chi connectivity index (χ2v) is 4.60. The molecular formula is C19H20O6. The summed E-state index contributed by atoms with van der Waals surface area (Å²) in [5.74, 6) is -2.33. The van der Waals surface area contributed by atoms with Gasteiger partial charge >= 0.3 is 11.9 Å². The van der Waals surface area contributed by atoms with Gasteiger partial charge in [0.15, 0.2) is 0 Å². The van der Waals surface area contributed by atoms with Crippen molar-refractivity contribution in [1.82, 2.24) is 0 Å². The van der Waals surface area contributed by atoms with E-state index in [2.05, 4.69) is 4.74 Å². The van der Waals surface area contributed by atoms with Crippen molar-refractivity contribution in [1.29, 1.82) is 0 Å². The number of ether oxygens (including phenoxy) is 4. The largest absolute Gasteiger partial charge is 0.459 e. The Labute approximate surface area is 153 Å². The summed E-state index contributed by atoms with van der Waals surface area (Å²) in [6.45, 7) is -7.52. The predicted molar refractivity (Wildman–Crippen MR) is 90.2 cm³/mol. The number of benzene rings is 2. The second kappa shape index (κ2) is 10.2. The third kappa shape index (κ3) is 6.37. The van der Waals surface area contributed by atoms with Crippen molar-refractivity contribution in [2.75, 3.05) is 27.0 Å². The van der Waals surface area contributed by atoms with E-state index in [9.17, 15) is 9.59 Å². The molecule has 0 N–H and O–H groups in total. The molecule has 2 aromatic rings. The maximum atomic E-state index is 12.3. The van der Waals surface area contributed by atoms with Crippen molar-refractivity contribution < 1.29 is 35.4 Å². The molecule has 2 rings (SSSR count). The van der Waals surface area contributed by atoms with E-state index >= 15 is 0 Å². The summed E-state index contributed by atoms with van der Waals surface area (Å²) in [4.78, 5) is 24.6. The number of carbonyl (C=O) groups is 2. The van der Waals surface area contributed by atoms with E-state index in [1.807, 2.05) is 0 Å². The number of rotatable bonds is 9. The molecule has 0 fully saturated rings. The molecule has 0 atom stereocenters. The summed E-state index contributed by atoms with van der Waals surface area (Å²) in [5.41, 5.74) is -0.0605. The van der Waals surface area contributed by atoms with Crippen LogP contribution in [0.25, 0.3) is 0 Å². The summed E-state index contributed by atoms with van der Waals surface area (Å²) >= 11 is 0. The molecule has 0 aliphatic rings. The number of carbonyl (C=O) groups excluding carboxylic acids is 2. The summed E-state index contributed by atoms with van der Waals surface area (Å²) in [5, 5.41) is 0. The van der Waals surface area contributed by atoms with Gasteiger partial charge in [-0.3, -0.25) is 0 Å². The molecule has 0 amide bonds. The molecule has 25 heavy (non-hydrogen) atoms. The number of methoxy groups -OCH3 is 1. The maximum Gasteiger partial charge on any atom is 0.338 e. The van der Waals surface area contributed by atoms with Crippen LogP contribution in [0.2, 0.25) is 0 Å². The smallest absolute Gasteiger partial charge is 0.338 e. The molecule has 0 aromatic heterocycles. The Bertz CT molecular complexity index is 795. The van der Waals surface area contributed by atoms with Crippen LogP contribution < -0.4 is 0 Å². The van der Waals surface area contributed by atoms with Crippen molar-refractivity contribution >= 4 is 11.9 Å². The minimum Gasteiger partial charge on any atom is -0.459 e. The SMILES string of the molecule is [2H]C([2H])(OC(=O)c1ccccc1)C([2H])(OCOC)C([2H])([2H])OC(=O)c1ccccc1. The quantitative estimate of drug-likeness (QED) is 0.512. The topological polar surface area (TPSA) is 71.1 Å². The zero-order valence-electron chi connectivity index (χ0n) is 18.4. The minimum absolute atomic E-state index is 0.0303. The number of esters is 2. The molecule has 6 nitrogen and oxygen atoms in total.